The molecule has 2 aliphatic heterocycles. The minimum Gasteiger partial charge on any atom is -0.349 e. The molecule has 4 aliphatic rings. The van der Waals surface area contributed by atoms with Gasteiger partial charge in [0.25, 0.3) is 0 Å². The number of halogens is 4. The number of hydrogen-bond donors (Lipinski definition) is 4. The second-order valence-corrected chi connectivity index (χ2v) is 45.1. The maximum atomic E-state index is 13.7. The highest BCUT2D eigenvalue weighted by atomic mass is 32.2. The Hall–Kier alpha value is -12.7. The highest BCUT2D eigenvalue weighted by Crippen LogP contribution is 2.43. The first-order valence-corrected chi connectivity index (χ1v) is 54.3. The number of aromatic nitrogens is 12. The lowest BCUT2D eigenvalue weighted by Gasteiger charge is -2.38. The van der Waals surface area contributed by atoms with Gasteiger partial charge in [-0.05, 0) is 268 Å². The van der Waals surface area contributed by atoms with Crippen molar-refractivity contribution in [3.05, 3.63) is 275 Å². The fourth-order valence-corrected chi connectivity index (χ4v) is 20.9. The molecule has 0 fully saturated rings. The van der Waals surface area contributed by atoms with Crippen LogP contribution in [0.3, 0.4) is 0 Å². The quantitative estimate of drug-likeness (QED) is 0.0289. The van der Waals surface area contributed by atoms with Crippen molar-refractivity contribution < 1.29 is 70.4 Å². The van der Waals surface area contributed by atoms with Gasteiger partial charge in [-0.1, -0.05) is 88.0 Å². The number of anilines is 2. The topological polar surface area (TPSA) is 382 Å². The monoisotopic (exact) mass is 1980 g/mol. The molecule has 738 valence electrons. The van der Waals surface area contributed by atoms with Crippen LogP contribution in [0, 0.1) is 46.4 Å². The molecular formula is C101H120F4N18O12S4. The molecule has 16 rings (SSSR count). The lowest BCUT2D eigenvalue weighted by Crippen LogP contribution is -2.49. The summed E-state index contributed by atoms with van der Waals surface area (Å²) in [5.41, 5.74) is 12.5. The van der Waals surface area contributed by atoms with Gasteiger partial charge in [-0.25, -0.2) is 99.5 Å². The number of carbonyl (C=O) groups is 4. The molecule has 3 unspecified atom stereocenters. The molecule has 8 aromatic heterocycles. The molecule has 4 aromatic carbocycles. The fraction of sp³-hybridized carbons (Fsp3) is 0.406. The fourth-order valence-electron chi connectivity index (χ4n) is 18.5. The van der Waals surface area contributed by atoms with E-state index in [1.807, 2.05) is 27.7 Å². The van der Waals surface area contributed by atoms with Crippen LogP contribution >= 0.6 is 0 Å². The van der Waals surface area contributed by atoms with Gasteiger partial charge >= 0.3 is 12.1 Å². The summed E-state index contributed by atoms with van der Waals surface area (Å²) in [6, 6.07) is 35.7. The largest absolute Gasteiger partial charge is 0.349 e. The van der Waals surface area contributed by atoms with Crippen molar-refractivity contribution in [2.24, 2.45) is 23.2 Å². The number of rotatable bonds is 26. The zero-order chi connectivity index (χ0) is 100. The van der Waals surface area contributed by atoms with Crippen LogP contribution in [-0.2, 0) is 74.6 Å². The Kier molecular flexibility index (Phi) is 33.3. The predicted molar refractivity (Wildman–Crippen MR) is 522 cm³/mol. The average Bonchev–Trinajstić information content (AvgIpc) is 1.60. The van der Waals surface area contributed by atoms with Crippen LogP contribution in [0.4, 0.5) is 38.5 Å². The Balaban J connectivity index is 0.000000156. The van der Waals surface area contributed by atoms with Crippen molar-refractivity contribution in [2.75, 3.05) is 47.9 Å². The van der Waals surface area contributed by atoms with Gasteiger partial charge in [0.1, 0.15) is 23.3 Å². The molecule has 139 heavy (non-hydrogen) atoms. The van der Waals surface area contributed by atoms with E-state index in [2.05, 4.69) is 96.2 Å². The Labute approximate surface area is 809 Å². The summed E-state index contributed by atoms with van der Waals surface area (Å²) in [6.07, 6.45) is 29.6. The van der Waals surface area contributed by atoms with Crippen LogP contribution in [-0.4, -0.2) is 155 Å². The number of urea groups is 2. The number of carbonyl (C=O) groups excluding carboxylic acids is 4. The van der Waals surface area contributed by atoms with Crippen molar-refractivity contribution in [3.8, 4) is 22.7 Å². The van der Waals surface area contributed by atoms with Gasteiger partial charge in [0.15, 0.2) is 59.5 Å². The Morgan fingerprint density at radius 2 is 0.683 bits per heavy atom. The second kappa shape index (κ2) is 44.6. The molecule has 12 aromatic rings. The molecule has 0 bridgehead atoms. The van der Waals surface area contributed by atoms with E-state index in [4.69, 9.17) is 0 Å². The van der Waals surface area contributed by atoms with E-state index in [1.54, 1.807) is 138 Å². The van der Waals surface area contributed by atoms with Crippen LogP contribution < -0.4 is 31.1 Å². The van der Waals surface area contributed by atoms with Crippen LogP contribution in [0.25, 0.3) is 22.7 Å². The van der Waals surface area contributed by atoms with Crippen molar-refractivity contribution in [1.29, 1.82) is 0 Å². The summed E-state index contributed by atoms with van der Waals surface area (Å²) in [5, 5.41) is 30.6. The summed E-state index contributed by atoms with van der Waals surface area (Å²) in [6.45, 7) is 19.5. The summed E-state index contributed by atoms with van der Waals surface area (Å²) in [4.78, 5) is 73.7. The van der Waals surface area contributed by atoms with Crippen LogP contribution in [0.1, 0.15) is 232 Å². The third-order valence-corrected chi connectivity index (χ3v) is 29.3. The third kappa shape index (κ3) is 25.5. The van der Waals surface area contributed by atoms with E-state index in [1.165, 1.54) is 85.5 Å². The van der Waals surface area contributed by atoms with Crippen LogP contribution in [0.2, 0.25) is 0 Å². The number of sulfone groups is 4. The molecule has 38 heteroatoms. The van der Waals surface area contributed by atoms with Gasteiger partial charge in [0.2, 0.25) is 11.8 Å². The molecule has 10 heterocycles. The smallest absolute Gasteiger partial charge is 0.322 e. The average molecular weight is 1980 g/mol. The van der Waals surface area contributed by atoms with E-state index in [9.17, 15) is 70.4 Å². The standard InChI is InChI=1S/2C26H31FN4O3S.C25H30FN5O3S.C24H28FN5O3S/c2*1-4-6-22(18-13-14-28-24(15-18)35(3,33)34)30-26(32)25-17(2)7-5-8-23-21(25)16-29-31(23)20-11-9-19(27)10-12-20;1-5-6-20(17-11-12-27-23(13-17)35(4,33)34)29-24(32)30-16-25(2,3)14-21-22(30)15-28-31(21)19-9-7-18(26)8-10-19;1-4-5-20(17-10-11-26-23(13-17)34(3,32)33)28-24(31)29-15-16(2)12-21-22(29)14-27-30(21)19-8-6-18(25)7-9-19/h2*9-17,22,25H,4-8H2,1-3H3,(H,30,32);7-13,15,20H,5-6,14,16H2,1-4H3,(H,29,32);6-11,13-14,16,20H,4-5,12,15H2,1-3H3,(H,28,31)/t17-,22+,25?;17-,22-,25?;20-;16?,20-/m1000/s1. The van der Waals surface area contributed by atoms with Crippen molar-refractivity contribution in [2.45, 2.75) is 221 Å². The first-order chi connectivity index (χ1) is 66.0. The van der Waals surface area contributed by atoms with Gasteiger partial charge in [0.05, 0.1) is 106 Å². The number of hydrogen-bond acceptors (Lipinski definition) is 20. The van der Waals surface area contributed by atoms with Crippen LogP contribution in [0.15, 0.2) is 215 Å². The van der Waals surface area contributed by atoms with Gasteiger partial charge in [0, 0.05) is 85.4 Å². The van der Waals surface area contributed by atoms with Gasteiger partial charge in [-0.2, -0.15) is 20.4 Å². The number of fused-ring (bicyclic) bond motifs is 4. The molecule has 0 saturated carbocycles. The zero-order valence-electron chi connectivity index (χ0n) is 80.2. The highest BCUT2D eigenvalue weighted by molar-refractivity contribution is 7.91. The molecular weight excluding hydrogens is 1860 g/mol. The summed E-state index contributed by atoms with van der Waals surface area (Å²) in [7, 11) is -13.9. The Bertz CT molecular complexity index is 6660. The summed E-state index contributed by atoms with van der Waals surface area (Å²) < 4.78 is 157. The maximum absolute atomic E-state index is 13.7. The van der Waals surface area contributed by atoms with E-state index >= 15 is 0 Å². The second-order valence-electron chi connectivity index (χ2n) is 37.2. The zero-order valence-corrected chi connectivity index (χ0v) is 83.5. The Morgan fingerprint density at radius 1 is 0.396 bits per heavy atom. The lowest BCUT2D eigenvalue weighted by atomic mass is 9.83. The molecule has 4 N–H and O–H groups in total. The molecule has 6 amide bonds. The summed E-state index contributed by atoms with van der Waals surface area (Å²) in [5.74, 6) is -1.85. The number of pyridine rings is 4. The molecule has 2 aliphatic carbocycles. The molecule has 30 nitrogen and oxygen atoms in total. The number of nitrogens with one attached hydrogen (secondary N) is 4. The predicted octanol–water partition coefficient (Wildman–Crippen LogP) is 17.6. The maximum Gasteiger partial charge on any atom is 0.322 e. The first kappa shape index (κ1) is 104. The first-order valence-electron chi connectivity index (χ1n) is 46.7. The minimum absolute atomic E-state index is 0.00366. The minimum atomic E-state index is -3.47. The SMILES string of the molecule is CCC[C@H](NC(=O)C1c2cnn(-c3ccc(F)cc3)c2CCC[C@@H]1C)c1ccnc(S(C)(=O)=O)c1.CCC[C@H](NC(=O)C1c2cnn(-c3ccc(F)cc3)c2CCC[C@H]1C)c1ccnc(S(C)(=O)=O)c1.CCC[C@H](NC(=O)N1CC(C)(C)Cc2c1cnn2-c1ccc(F)cc1)c1ccnc(S(C)(=O)=O)c1.CCC[C@H](NC(=O)N1CC(C)Cc2c1cnn2-c1ccc(F)cc1)c1ccnc(S(C)(=O)=O)c1. The highest BCUT2D eigenvalue weighted by Gasteiger charge is 2.41. The Morgan fingerprint density at radius 3 is 1.00 bits per heavy atom. The van der Waals surface area contributed by atoms with Crippen molar-refractivity contribution >= 4 is 74.6 Å². The summed E-state index contributed by atoms with van der Waals surface area (Å²) >= 11 is 0. The number of benzene rings is 4. The van der Waals surface area contributed by atoms with Gasteiger partial charge < -0.3 is 21.3 Å². The lowest BCUT2D eigenvalue weighted by molar-refractivity contribution is -0.125. The molecule has 0 radical (unpaired) electrons. The molecule has 0 saturated heterocycles. The van der Waals surface area contributed by atoms with Crippen molar-refractivity contribution in [3.63, 3.8) is 0 Å². The van der Waals surface area contributed by atoms with Gasteiger partial charge in [-0.3, -0.25) is 19.4 Å². The van der Waals surface area contributed by atoms with E-state index < -0.39 is 51.2 Å². The normalized spacial score (nSPS) is 17.7. The van der Waals surface area contributed by atoms with Crippen molar-refractivity contribution in [1.82, 2.24) is 80.3 Å². The third-order valence-electron chi connectivity index (χ3n) is 25.3. The van der Waals surface area contributed by atoms with E-state index in [0.717, 1.165) is 163 Å². The molecule has 0 spiro atoms. The van der Waals surface area contributed by atoms with E-state index in [-0.39, 0.29) is 115 Å². The number of nitrogens with zero attached hydrogens (tertiary/aromatic N) is 14. The number of amides is 6. The molecule has 9 atom stereocenters. The van der Waals surface area contributed by atoms with Crippen LogP contribution in [0.5, 0.6) is 0 Å². The van der Waals surface area contributed by atoms with E-state index in [0.29, 0.717) is 67.7 Å². The van der Waals surface area contributed by atoms with Gasteiger partial charge in [-0.15, -0.1) is 0 Å².